The zero-order chi connectivity index (χ0) is 13.7. The molecule has 0 saturated heterocycles. The average Bonchev–Trinajstić information content (AvgIpc) is 2.68. The molecule has 0 aliphatic heterocycles. The molecule has 0 aliphatic rings. The largest absolute Gasteiger partial charge is 0.480 e. The Labute approximate surface area is 114 Å². The van der Waals surface area contributed by atoms with E-state index in [1.54, 1.807) is 19.9 Å². The number of aliphatic carboxylic acids is 1. The third-order valence-electron chi connectivity index (χ3n) is 2.27. The Morgan fingerprint density at radius 3 is 2.56 bits per heavy atom. The van der Waals surface area contributed by atoms with Gasteiger partial charge in [0.2, 0.25) is 0 Å². The summed E-state index contributed by atoms with van der Waals surface area (Å²) in [5.41, 5.74) is 0. The smallest absolute Gasteiger partial charge is 0.326 e. The van der Waals surface area contributed by atoms with E-state index in [1.807, 2.05) is 6.07 Å². The van der Waals surface area contributed by atoms with Crippen LogP contribution < -0.4 is 10.6 Å². The van der Waals surface area contributed by atoms with Gasteiger partial charge >= 0.3 is 12.0 Å². The SMILES string of the molecule is CC(C)[C@@H](NC(=O)NCc1ccc(Cl)s1)C(=O)O. The lowest BCUT2D eigenvalue weighted by atomic mass is 10.1. The summed E-state index contributed by atoms with van der Waals surface area (Å²) in [4.78, 5) is 23.3. The van der Waals surface area contributed by atoms with E-state index in [9.17, 15) is 9.59 Å². The second-order valence-corrected chi connectivity index (χ2v) is 5.89. The van der Waals surface area contributed by atoms with Crippen molar-refractivity contribution in [3.63, 3.8) is 0 Å². The van der Waals surface area contributed by atoms with Gasteiger partial charge in [0.25, 0.3) is 0 Å². The normalized spacial score (nSPS) is 12.2. The van der Waals surface area contributed by atoms with Gasteiger partial charge in [-0.25, -0.2) is 9.59 Å². The molecular formula is C11H15ClN2O3S. The predicted molar refractivity (Wildman–Crippen MR) is 71.0 cm³/mol. The summed E-state index contributed by atoms with van der Waals surface area (Å²) in [7, 11) is 0. The molecule has 0 bridgehead atoms. The highest BCUT2D eigenvalue weighted by Crippen LogP contribution is 2.20. The van der Waals surface area contributed by atoms with Crippen molar-refractivity contribution in [2.24, 2.45) is 5.92 Å². The fourth-order valence-electron chi connectivity index (χ4n) is 1.32. The molecule has 1 rings (SSSR count). The molecule has 0 aromatic carbocycles. The summed E-state index contributed by atoms with van der Waals surface area (Å²) >= 11 is 7.12. The van der Waals surface area contributed by atoms with Crippen LogP contribution in [0.1, 0.15) is 18.7 Å². The van der Waals surface area contributed by atoms with Crippen molar-refractivity contribution < 1.29 is 14.7 Å². The molecule has 0 spiro atoms. The summed E-state index contributed by atoms with van der Waals surface area (Å²) in [5.74, 6) is -1.22. The average molecular weight is 291 g/mol. The Hall–Kier alpha value is -1.27. The molecule has 1 aromatic rings. The minimum Gasteiger partial charge on any atom is -0.480 e. The summed E-state index contributed by atoms with van der Waals surface area (Å²) in [6.07, 6.45) is 0. The van der Waals surface area contributed by atoms with Gasteiger partial charge < -0.3 is 15.7 Å². The number of carboxylic acids is 1. The van der Waals surface area contributed by atoms with Gasteiger partial charge in [-0.05, 0) is 18.1 Å². The molecule has 18 heavy (non-hydrogen) atoms. The fraction of sp³-hybridized carbons (Fsp3) is 0.455. The first-order chi connectivity index (χ1) is 8.40. The quantitative estimate of drug-likeness (QED) is 0.778. The van der Waals surface area contributed by atoms with Crippen LogP contribution in [0.25, 0.3) is 0 Å². The van der Waals surface area contributed by atoms with Gasteiger partial charge in [0.15, 0.2) is 0 Å². The topological polar surface area (TPSA) is 78.4 Å². The lowest BCUT2D eigenvalue weighted by Crippen LogP contribution is -2.48. The van der Waals surface area contributed by atoms with E-state index >= 15 is 0 Å². The van der Waals surface area contributed by atoms with Crippen molar-refractivity contribution in [3.8, 4) is 0 Å². The van der Waals surface area contributed by atoms with Crippen molar-refractivity contribution in [2.75, 3.05) is 0 Å². The van der Waals surface area contributed by atoms with E-state index in [1.165, 1.54) is 11.3 Å². The second-order valence-electron chi connectivity index (χ2n) is 4.09. The molecule has 0 radical (unpaired) electrons. The number of halogens is 1. The van der Waals surface area contributed by atoms with Crippen LogP contribution in [0.4, 0.5) is 4.79 Å². The molecule has 100 valence electrons. The van der Waals surface area contributed by atoms with Gasteiger partial charge in [-0.3, -0.25) is 0 Å². The number of hydrogen-bond acceptors (Lipinski definition) is 3. The summed E-state index contributed by atoms with van der Waals surface area (Å²) < 4.78 is 0.651. The Morgan fingerprint density at radius 2 is 2.11 bits per heavy atom. The second kappa shape index (κ2) is 6.61. The first-order valence-electron chi connectivity index (χ1n) is 5.41. The van der Waals surface area contributed by atoms with Gasteiger partial charge in [-0.2, -0.15) is 0 Å². The number of rotatable bonds is 5. The molecule has 5 nitrogen and oxygen atoms in total. The van der Waals surface area contributed by atoms with Gasteiger partial charge in [-0.15, -0.1) is 11.3 Å². The van der Waals surface area contributed by atoms with E-state index in [-0.39, 0.29) is 5.92 Å². The zero-order valence-electron chi connectivity index (χ0n) is 10.1. The Morgan fingerprint density at radius 1 is 1.44 bits per heavy atom. The van der Waals surface area contributed by atoms with Crippen LogP contribution in [0.2, 0.25) is 4.34 Å². The van der Waals surface area contributed by atoms with Crippen LogP contribution in [-0.2, 0) is 11.3 Å². The van der Waals surface area contributed by atoms with Gasteiger partial charge in [0.05, 0.1) is 10.9 Å². The Balaban J connectivity index is 2.43. The number of thiophene rings is 1. The number of nitrogens with one attached hydrogen (secondary N) is 2. The monoisotopic (exact) mass is 290 g/mol. The number of urea groups is 1. The van der Waals surface area contributed by atoms with Crippen LogP contribution in [0.15, 0.2) is 12.1 Å². The lowest BCUT2D eigenvalue weighted by Gasteiger charge is -2.18. The first kappa shape index (κ1) is 14.8. The Bertz CT molecular complexity index is 434. The highest BCUT2D eigenvalue weighted by Gasteiger charge is 2.23. The minimum absolute atomic E-state index is 0.176. The van der Waals surface area contributed by atoms with Gasteiger partial charge in [-0.1, -0.05) is 25.4 Å². The molecular weight excluding hydrogens is 276 g/mol. The number of carbonyl (C=O) groups excluding carboxylic acids is 1. The van der Waals surface area contributed by atoms with Crippen LogP contribution in [0.3, 0.4) is 0 Å². The highest BCUT2D eigenvalue weighted by molar-refractivity contribution is 7.16. The van der Waals surface area contributed by atoms with Crippen LogP contribution in [0, 0.1) is 5.92 Å². The molecule has 7 heteroatoms. The van der Waals surface area contributed by atoms with Gasteiger partial charge in [0, 0.05) is 4.88 Å². The van der Waals surface area contributed by atoms with Crippen molar-refractivity contribution in [1.29, 1.82) is 0 Å². The molecule has 0 unspecified atom stereocenters. The van der Waals surface area contributed by atoms with Crippen LogP contribution >= 0.6 is 22.9 Å². The third kappa shape index (κ3) is 4.54. The molecule has 0 saturated carbocycles. The summed E-state index contributed by atoms with van der Waals surface area (Å²) in [6.45, 7) is 3.80. The summed E-state index contributed by atoms with van der Waals surface area (Å²) in [5, 5.41) is 13.9. The minimum atomic E-state index is -1.04. The number of carbonyl (C=O) groups is 2. The van der Waals surface area contributed by atoms with Gasteiger partial charge in [0.1, 0.15) is 6.04 Å². The first-order valence-corrected chi connectivity index (χ1v) is 6.61. The maximum Gasteiger partial charge on any atom is 0.326 e. The van der Waals surface area contributed by atoms with Crippen LogP contribution in [-0.4, -0.2) is 23.1 Å². The fourth-order valence-corrected chi connectivity index (χ4v) is 2.35. The van der Waals surface area contributed by atoms with E-state index in [0.717, 1.165) is 4.88 Å². The zero-order valence-corrected chi connectivity index (χ0v) is 11.6. The standard InChI is InChI=1S/C11H15ClN2O3S/c1-6(2)9(10(15)16)14-11(17)13-5-7-3-4-8(12)18-7/h3-4,6,9H,5H2,1-2H3,(H,15,16)(H2,13,14,17)/t9-/m1/s1. The molecule has 1 aromatic heterocycles. The molecule has 0 fully saturated rings. The lowest BCUT2D eigenvalue weighted by molar-refractivity contribution is -0.140. The molecule has 0 aliphatic carbocycles. The van der Waals surface area contributed by atoms with Crippen molar-refractivity contribution in [2.45, 2.75) is 26.4 Å². The van der Waals surface area contributed by atoms with E-state index in [4.69, 9.17) is 16.7 Å². The van der Waals surface area contributed by atoms with Crippen LogP contribution in [0.5, 0.6) is 0 Å². The van der Waals surface area contributed by atoms with E-state index in [0.29, 0.717) is 10.9 Å². The van der Waals surface area contributed by atoms with E-state index < -0.39 is 18.0 Å². The molecule has 1 heterocycles. The number of hydrogen-bond donors (Lipinski definition) is 3. The molecule has 3 N–H and O–H groups in total. The van der Waals surface area contributed by atoms with Crippen molar-refractivity contribution >= 4 is 34.9 Å². The molecule has 1 atom stereocenters. The third-order valence-corrected chi connectivity index (χ3v) is 3.50. The number of amides is 2. The predicted octanol–water partition coefficient (Wildman–Crippen LogP) is 2.31. The molecule has 2 amide bonds. The number of carboxylic acid groups (broad SMARTS) is 1. The maximum atomic E-state index is 11.5. The van der Waals surface area contributed by atoms with E-state index in [2.05, 4.69) is 10.6 Å². The Kier molecular flexibility index (Phi) is 5.43. The van der Waals surface area contributed by atoms with Crippen molar-refractivity contribution in [3.05, 3.63) is 21.3 Å². The maximum absolute atomic E-state index is 11.5. The summed E-state index contributed by atoms with van der Waals surface area (Å²) in [6, 6.07) is 2.16. The van der Waals surface area contributed by atoms with Crippen molar-refractivity contribution in [1.82, 2.24) is 10.6 Å². The highest BCUT2D eigenvalue weighted by atomic mass is 35.5.